The van der Waals surface area contributed by atoms with Crippen molar-refractivity contribution >= 4 is 28.6 Å². The van der Waals surface area contributed by atoms with Crippen LogP contribution in [-0.4, -0.2) is 24.3 Å². The fraction of sp³-hybridized carbons (Fsp3) is 0.167. The van der Waals surface area contributed by atoms with E-state index in [1.165, 1.54) is 5.56 Å². The molecule has 0 radical (unpaired) electrons. The van der Waals surface area contributed by atoms with E-state index in [1.807, 2.05) is 49.3 Å². The van der Waals surface area contributed by atoms with Crippen LogP contribution in [0.3, 0.4) is 0 Å². The second-order valence-corrected chi connectivity index (χ2v) is 4.55. The fourth-order valence-electron chi connectivity index (χ4n) is 1.21. The second kappa shape index (κ2) is 4.90. The van der Waals surface area contributed by atoms with E-state index in [2.05, 4.69) is 22.3 Å². The molecule has 1 aromatic carbocycles. The van der Waals surface area contributed by atoms with Crippen molar-refractivity contribution in [3.05, 3.63) is 40.9 Å². The molecule has 4 heteroatoms. The molecule has 3 nitrogen and oxygen atoms in total. The van der Waals surface area contributed by atoms with E-state index >= 15 is 0 Å². The summed E-state index contributed by atoms with van der Waals surface area (Å²) in [5, 5.41) is 10.0. The minimum atomic E-state index is 0.924. The standard InChI is InChI=1S/C12H13N3S/c1-15(2)12-14-13-11(16-12)9-8-10-6-4-3-5-7-10/h3-9H,1-2H3. The molecule has 2 rings (SSSR count). The molecule has 0 aliphatic rings. The van der Waals surface area contributed by atoms with E-state index in [9.17, 15) is 0 Å². The molecule has 82 valence electrons. The third-order valence-electron chi connectivity index (χ3n) is 2.03. The maximum atomic E-state index is 4.09. The van der Waals surface area contributed by atoms with Crippen LogP contribution in [0.15, 0.2) is 30.3 Å². The average molecular weight is 231 g/mol. The molecule has 0 saturated carbocycles. The van der Waals surface area contributed by atoms with Gasteiger partial charge in [-0.25, -0.2) is 0 Å². The molecule has 1 aromatic heterocycles. The fourth-order valence-corrected chi connectivity index (χ4v) is 1.88. The van der Waals surface area contributed by atoms with Gasteiger partial charge in [-0.1, -0.05) is 47.7 Å². The lowest BCUT2D eigenvalue weighted by Gasteiger charge is -2.03. The van der Waals surface area contributed by atoms with E-state index in [0.29, 0.717) is 0 Å². The Labute approximate surface area is 99.1 Å². The van der Waals surface area contributed by atoms with Crippen molar-refractivity contribution in [1.29, 1.82) is 0 Å². The van der Waals surface area contributed by atoms with Crippen LogP contribution < -0.4 is 4.90 Å². The number of hydrogen-bond donors (Lipinski definition) is 0. The molecule has 0 N–H and O–H groups in total. The molecule has 0 unspecified atom stereocenters. The smallest absolute Gasteiger partial charge is 0.208 e. The lowest BCUT2D eigenvalue weighted by molar-refractivity contribution is 1.01. The Hall–Kier alpha value is -1.68. The molecule has 0 fully saturated rings. The summed E-state index contributed by atoms with van der Waals surface area (Å²) in [6, 6.07) is 10.2. The SMILES string of the molecule is CN(C)c1nnc(C=Cc2ccccc2)s1. The molecule has 16 heavy (non-hydrogen) atoms. The van der Waals surface area contributed by atoms with E-state index in [1.54, 1.807) is 11.3 Å². The molecule has 0 atom stereocenters. The topological polar surface area (TPSA) is 29.0 Å². The number of rotatable bonds is 3. The number of hydrogen-bond acceptors (Lipinski definition) is 4. The van der Waals surface area contributed by atoms with Crippen molar-refractivity contribution in [2.45, 2.75) is 0 Å². The van der Waals surface area contributed by atoms with Crippen LogP contribution >= 0.6 is 11.3 Å². The van der Waals surface area contributed by atoms with Gasteiger partial charge in [-0.3, -0.25) is 0 Å². The Morgan fingerprint density at radius 2 is 1.81 bits per heavy atom. The van der Waals surface area contributed by atoms with Gasteiger partial charge in [0.15, 0.2) is 0 Å². The Bertz CT molecular complexity index is 474. The molecule has 0 aliphatic heterocycles. The largest absolute Gasteiger partial charge is 0.353 e. The van der Waals surface area contributed by atoms with Crippen molar-refractivity contribution in [3.63, 3.8) is 0 Å². The minimum absolute atomic E-state index is 0.924. The summed E-state index contributed by atoms with van der Waals surface area (Å²) >= 11 is 1.58. The van der Waals surface area contributed by atoms with Gasteiger partial charge in [0.05, 0.1) is 0 Å². The predicted octanol–water partition coefficient (Wildman–Crippen LogP) is 2.77. The van der Waals surface area contributed by atoms with Gasteiger partial charge in [0, 0.05) is 14.1 Å². The lowest BCUT2D eigenvalue weighted by atomic mass is 10.2. The molecule has 2 aromatic rings. The molecule has 0 bridgehead atoms. The summed E-state index contributed by atoms with van der Waals surface area (Å²) in [6.45, 7) is 0. The number of benzene rings is 1. The van der Waals surface area contributed by atoms with Gasteiger partial charge in [-0.15, -0.1) is 10.2 Å². The monoisotopic (exact) mass is 231 g/mol. The lowest BCUT2D eigenvalue weighted by Crippen LogP contribution is -2.07. The zero-order valence-electron chi connectivity index (χ0n) is 9.29. The first kappa shape index (κ1) is 10.8. The quantitative estimate of drug-likeness (QED) is 0.813. The van der Waals surface area contributed by atoms with Crippen LogP contribution in [-0.2, 0) is 0 Å². The molecule has 0 saturated heterocycles. The van der Waals surface area contributed by atoms with Crippen LogP contribution in [0.1, 0.15) is 10.6 Å². The van der Waals surface area contributed by atoms with E-state index in [0.717, 1.165) is 10.1 Å². The summed E-state index contributed by atoms with van der Waals surface area (Å²) in [4.78, 5) is 1.96. The van der Waals surface area contributed by atoms with Crippen molar-refractivity contribution in [3.8, 4) is 0 Å². The highest BCUT2D eigenvalue weighted by Gasteiger charge is 2.01. The summed E-state index contributed by atoms with van der Waals surface area (Å²) in [6.07, 6.45) is 4.03. The number of aromatic nitrogens is 2. The van der Waals surface area contributed by atoms with Gasteiger partial charge < -0.3 is 4.90 Å². The highest BCUT2D eigenvalue weighted by molar-refractivity contribution is 7.16. The van der Waals surface area contributed by atoms with Crippen LogP contribution in [0.5, 0.6) is 0 Å². The third kappa shape index (κ3) is 2.67. The Kier molecular flexibility index (Phi) is 3.31. The average Bonchev–Trinajstić information content (AvgIpc) is 2.76. The van der Waals surface area contributed by atoms with Gasteiger partial charge in [0.25, 0.3) is 0 Å². The van der Waals surface area contributed by atoms with E-state index < -0.39 is 0 Å². The first-order valence-electron chi connectivity index (χ1n) is 4.99. The van der Waals surface area contributed by atoms with Gasteiger partial charge in [0.2, 0.25) is 5.13 Å². The maximum absolute atomic E-state index is 4.09. The van der Waals surface area contributed by atoms with Gasteiger partial charge in [0.1, 0.15) is 5.01 Å². The Morgan fingerprint density at radius 1 is 1.06 bits per heavy atom. The second-order valence-electron chi connectivity index (χ2n) is 3.56. The molecule has 0 aliphatic carbocycles. The van der Waals surface area contributed by atoms with Crippen LogP contribution in [0.25, 0.3) is 12.2 Å². The van der Waals surface area contributed by atoms with Gasteiger partial charge in [-0.05, 0) is 11.6 Å². The minimum Gasteiger partial charge on any atom is -0.353 e. The molecular weight excluding hydrogens is 218 g/mol. The number of anilines is 1. The molecule has 1 heterocycles. The summed E-state index contributed by atoms with van der Waals surface area (Å²) in [5.74, 6) is 0. The highest BCUT2D eigenvalue weighted by Crippen LogP contribution is 2.19. The number of nitrogens with zero attached hydrogens (tertiary/aromatic N) is 3. The summed E-state index contributed by atoms with van der Waals surface area (Å²) in [5.41, 5.74) is 1.17. The zero-order chi connectivity index (χ0) is 11.4. The van der Waals surface area contributed by atoms with Crippen LogP contribution in [0.2, 0.25) is 0 Å². The van der Waals surface area contributed by atoms with Crippen molar-refractivity contribution in [2.24, 2.45) is 0 Å². The van der Waals surface area contributed by atoms with Crippen molar-refractivity contribution in [2.75, 3.05) is 19.0 Å². The Balaban J connectivity index is 2.12. The van der Waals surface area contributed by atoms with Crippen molar-refractivity contribution in [1.82, 2.24) is 10.2 Å². The Morgan fingerprint density at radius 3 is 2.44 bits per heavy atom. The maximum Gasteiger partial charge on any atom is 0.208 e. The highest BCUT2D eigenvalue weighted by atomic mass is 32.1. The van der Waals surface area contributed by atoms with Gasteiger partial charge in [-0.2, -0.15) is 0 Å². The van der Waals surface area contributed by atoms with Crippen LogP contribution in [0, 0.1) is 0 Å². The van der Waals surface area contributed by atoms with E-state index in [4.69, 9.17) is 0 Å². The first-order chi connectivity index (χ1) is 7.75. The summed E-state index contributed by atoms with van der Waals surface area (Å²) < 4.78 is 0. The van der Waals surface area contributed by atoms with E-state index in [-0.39, 0.29) is 0 Å². The van der Waals surface area contributed by atoms with Crippen LogP contribution in [0.4, 0.5) is 5.13 Å². The zero-order valence-corrected chi connectivity index (χ0v) is 10.1. The van der Waals surface area contributed by atoms with Crippen molar-refractivity contribution < 1.29 is 0 Å². The third-order valence-corrected chi connectivity index (χ3v) is 3.09. The molecule has 0 amide bonds. The molecule has 0 spiro atoms. The van der Waals surface area contributed by atoms with Gasteiger partial charge >= 0.3 is 0 Å². The predicted molar refractivity (Wildman–Crippen MR) is 69.6 cm³/mol. The normalized spacial score (nSPS) is 10.9. The molecular formula is C12H13N3S. The summed E-state index contributed by atoms with van der Waals surface area (Å²) in [7, 11) is 3.93. The first-order valence-corrected chi connectivity index (χ1v) is 5.81.